The molecule has 3 rings (SSSR count). The van der Waals surface area contributed by atoms with Crippen LogP contribution in [-0.2, 0) is 0 Å². The molecule has 3 aromatic carbocycles. The standard InChI is InChI=1S/C17H11BrFNO/c18-15-10-12(19)8-9-14(15)17(21)20-16-7-3-5-11-4-1-2-6-13(11)16/h1-10H,(H,20,21). The molecule has 0 atom stereocenters. The van der Waals surface area contributed by atoms with Crippen molar-refractivity contribution >= 4 is 38.3 Å². The molecule has 1 amide bonds. The molecule has 0 bridgehead atoms. The molecule has 0 heterocycles. The van der Waals surface area contributed by atoms with Crippen molar-refractivity contribution < 1.29 is 9.18 Å². The van der Waals surface area contributed by atoms with E-state index in [1.54, 1.807) is 0 Å². The van der Waals surface area contributed by atoms with Gasteiger partial charge >= 0.3 is 0 Å². The summed E-state index contributed by atoms with van der Waals surface area (Å²) in [5, 5.41) is 4.88. The fourth-order valence-electron chi connectivity index (χ4n) is 2.20. The topological polar surface area (TPSA) is 29.1 Å². The molecule has 0 radical (unpaired) electrons. The first kappa shape index (κ1) is 13.8. The molecule has 21 heavy (non-hydrogen) atoms. The summed E-state index contributed by atoms with van der Waals surface area (Å²) < 4.78 is 13.5. The van der Waals surface area contributed by atoms with E-state index >= 15 is 0 Å². The smallest absolute Gasteiger partial charge is 0.256 e. The number of amides is 1. The molecule has 1 N–H and O–H groups in total. The lowest BCUT2D eigenvalue weighted by Gasteiger charge is -2.10. The largest absolute Gasteiger partial charge is 0.321 e. The van der Waals surface area contributed by atoms with Crippen molar-refractivity contribution in [3.05, 3.63) is 76.5 Å². The average Bonchev–Trinajstić information content (AvgIpc) is 2.47. The number of nitrogens with one attached hydrogen (secondary N) is 1. The Balaban J connectivity index is 1.97. The van der Waals surface area contributed by atoms with E-state index in [0.29, 0.717) is 10.0 Å². The van der Waals surface area contributed by atoms with Crippen molar-refractivity contribution in [2.75, 3.05) is 5.32 Å². The Kier molecular flexibility index (Phi) is 3.71. The van der Waals surface area contributed by atoms with Gasteiger partial charge in [0.2, 0.25) is 0 Å². The average molecular weight is 344 g/mol. The van der Waals surface area contributed by atoms with Gasteiger partial charge in [-0.25, -0.2) is 4.39 Å². The summed E-state index contributed by atoms with van der Waals surface area (Å²) in [6, 6.07) is 17.5. The van der Waals surface area contributed by atoms with Gasteiger partial charge in [0.1, 0.15) is 5.82 Å². The van der Waals surface area contributed by atoms with E-state index in [-0.39, 0.29) is 11.7 Å². The van der Waals surface area contributed by atoms with Crippen LogP contribution in [0.3, 0.4) is 0 Å². The van der Waals surface area contributed by atoms with Crippen LogP contribution >= 0.6 is 15.9 Å². The van der Waals surface area contributed by atoms with Crippen molar-refractivity contribution in [1.82, 2.24) is 0 Å². The third kappa shape index (κ3) is 2.81. The number of anilines is 1. The summed E-state index contributed by atoms with van der Waals surface area (Å²) in [7, 11) is 0. The molecule has 0 saturated heterocycles. The zero-order chi connectivity index (χ0) is 14.8. The third-order valence-electron chi connectivity index (χ3n) is 3.21. The first-order valence-electron chi connectivity index (χ1n) is 6.39. The molecule has 2 nitrogen and oxygen atoms in total. The minimum absolute atomic E-state index is 0.279. The zero-order valence-corrected chi connectivity index (χ0v) is 12.5. The van der Waals surface area contributed by atoms with E-state index in [1.807, 2.05) is 42.5 Å². The van der Waals surface area contributed by atoms with Crippen molar-refractivity contribution in [2.45, 2.75) is 0 Å². The van der Waals surface area contributed by atoms with Gasteiger partial charge in [0.25, 0.3) is 5.91 Å². The van der Waals surface area contributed by atoms with Crippen LogP contribution in [0, 0.1) is 5.82 Å². The van der Waals surface area contributed by atoms with Crippen LogP contribution in [0.5, 0.6) is 0 Å². The molecule has 0 spiro atoms. The van der Waals surface area contributed by atoms with E-state index in [9.17, 15) is 9.18 Å². The van der Waals surface area contributed by atoms with Gasteiger partial charge in [-0.3, -0.25) is 4.79 Å². The van der Waals surface area contributed by atoms with Crippen molar-refractivity contribution in [3.63, 3.8) is 0 Å². The van der Waals surface area contributed by atoms with Crippen molar-refractivity contribution in [2.24, 2.45) is 0 Å². The van der Waals surface area contributed by atoms with E-state index in [2.05, 4.69) is 21.2 Å². The summed E-state index contributed by atoms with van der Waals surface area (Å²) in [5.41, 5.74) is 1.12. The molecular formula is C17H11BrFNO. The summed E-state index contributed by atoms with van der Waals surface area (Å²) >= 11 is 3.21. The summed E-state index contributed by atoms with van der Waals surface area (Å²) in [5.74, 6) is -0.665. The quantitative estimate of drug-likeness (QED) is 0.697. The maximum absolute atomic E-state index is 13.1. The van der Waals surface area contributed by atoms with Crippen LogP contribution < -0.4 is 5.32 Å². The Labute approximate surface area is 129 Å². The second-order valence-electron chi connectivity index (χ2n) is 4.61. The van der Waals surface area contributed by atoms with Gasteiger partial charge in [-0.2, -0.15) is 0 Å². The summed E-state index contributed by atoms with van der Waals surface area (Å²) in [4.78, 5) is 12.3. The zero-order valence-electron chi connectivity index (χ0n) is 10.9. The van der Waals surface area contributed by atoms with Crippen LogP contribution in [0.4, 0.5) is 10.1 Å². The monoisotopic (exact) mass is 343 g/mol. The Hall–Kier alpha value is -2.20. The Morgan fingerprint density at radius 1 is 1.00 bits per heavy atom. The van der Waals surface area contributed by atoms with Crippen LogP contribution in [-0.4, -0.2) is 5.91 Å². The van der Waals surface area contributed by atoms with Gasteiger partial charge in [-0.1, -0.05) is 36.4 Å². The number of halogens is 2. The molecular weight excluding hydrogens is 333 g/mol. The SMILES string of the molecule is O=C(Nc1cccc2ccccc12)c1ccc(F)cc1Br. The van der Waals surface area contributed by atoms with Crippen LogP contribution in [0.25, 0.3) is 10.8 Å². The number of fused-ring (bicyclic) bond motifs is 1. The second kappa shape index (κ2) is 5.66. The lowest BCUT2D eigenvalue weighted by Crippen LogP contribution is -2.12. The normalized spacial score (nSPS) is 10.6. The van der Waals surface area contributed by atoms with Gasteiger partial charge in [-0.15, -0.1) is 0 Å². The molecule has 0 aromatic heterocycles. The number of hydrogen-bond acceptors (Lipinski definition) is 1. The second-order valence-corrected chi connectivity index (χ2v) is 5.46. The fourth-order valence-corrected chi connectivity index (χ4v) is 2.73. The van der Waals surface area contributed by atoms with E-state index in [1.165, 1.54) is 18.2 Å². The molecule has 104 valence electrons. The first-order valence-corrected chi connectivity index (χ1v) is 7.18. The first-order chi connectivity index (χ1) is 10.1. The third-order valence-corrected chi connectivity index (χ3v) is 3.87. The lowest BCUT2D eigenvalue weighted by molar-refractivity contribution is 0.102. The summed E-state index contributed by atoms with van der Waals surface area (Å²) in [6.07, 6.45) is 0. The van der Waals surface area contributed by atoms with Crippen LogP contribution in [0.2, 0.25) is 0 Å². The van der Waals surface area contributed by atoms with Crippen molar-refractivity contribution in [3.8, 4) is 0 Å². The lowest BCUT2D eigenvalue weighted by atomic mass is 10.1. The van der Waals surface area contributed by atoms with Crippen LogP contribution in [0.1, 0.15) is 10.4 Å². The fraction of sp³-hybridized carbons (Fsp3) is 0. The molecule has 0 unspecified atom stereocenters. The highest BCUT2D eigenvalue weighted by Gasteiger charge is 2.12. The van der Waals surface area contributed by atoms with E-state index in [0.717, 1.165) is 16.5 Å². The minimum Gasteiger partial charge on any atom is -0.321 e. The molecule has 0 aliphatic rings. The van der Waals surface area contributed by atoms with Gasteiger partial charge in [0.15, 0.2) is 0 Å². The Bertz CT molecular complexity index is 827. The number of hydrogen-bond donors (Lipinski definition) is 1. The highest BCUT2D eigenvalue weighted by molar-refractivity contribution is 9.10. The minimum atomic E-state index is -0.386. The molecule has 0 aliphatic carbocycles. The Morgan fingerprint density at radius 2 is 1.76 bits per heavy atom. The highest BCUT2D eigenvalue weighted by atomic mass is 79.9. The number of benzene rings is 3. The summed E-state index contributed by atoms with van der Waals surface area (Å²) in [6.45, 7) is 0. The predicted molar refractivity (Wildman–Crippen MR) is 86.0 cm³/mol. The van der Waals surface area contributed by atoms with Gasteiger partial charge < -0.3 is 5.32 Å². The molecule has 0 saturated carbocycles. The van der Waals surface area contributed by atoms with Gasteiger partial charge in [-0.05, 0) is 45.6 Å². The van der Waals surface area contributed by atoms with E-state index in [4.69, 9.17) is 0 Å². The van der Waals surface area contributed by atoms with Gasteiger partial charge in [0, 0.05) is 15.5 Å². The van der Waals surface area contributed by atoms with E-state index < -0.39 is 0 Å². The predicted octanol–water partition coefficient (Wildman–Crippen LogP) is 4.99. The molecule has 0 fully saturated rings. The van der Waals surface area contributed by atoms with Crippen molar-refractivity contribution in [1.29, 1.82) is 0 Å². The Morgan fingerprint density at radius 3 is 2.57 bits per heavy atom. The molecule has 3 aromatic rings. The van der Waals surface area contributed by atoms with Crippen LogP contribution in [0.15, 0.2) is 65.1 Å². The molecule has 4 heteroatoms. The maximum atomic E-state index is 13.1. The number of carbonyl (C=O) groups is 1. The highest BCUT2D eigenvalue weighted by Crippen LogP contribution is 2.25. The molecule has 0 aliphatic heterocycles. The number of rotatable bonds is 2. The maximum Gasteiger partial charge on any atom is 0.256 e. The van der Waals surface area contributed by atoms with Gasteiger partial charge in [0.05, 0.1) is 5.56 Å². The number of carbonyl (C=O) groups excluding carboxylic acids is 1.